The number of halogens is 2. The highest BCUT2D eigenvalue weighted by Crippen LogP contribution is 2.39. The summed E-state index contributed by atoms with van der Waals surface area (Å²) in [6, 6.07) is 7.28. The van der Waals surface area contributed by atoms with Crippen LogP contribution in [0.15, 0.2) is 45.9 Å². The highest BCUT2D eigenvalue weighted by atomic mass is 35.5. The summed E-state index contributed by atoms with van der Waals surface area (Å²) in [5.41, 5.74) is 5.80. The first kappa shape index (κ1) is 22.5. The summed E-state index contributed by atoms with van der Waals surface area (Å²) >= 11 is 5.82. The van der Waals surface area contributed by atoms with Crippen molar-refractivity contribution < 1.29 is 13.4 Å². The van der Waals surface area contributed by atoms with Gasteiger partial charge >= 0.3 is 0 Å². The Hall–Kier alpha value is -2.72. The van der Waals surface area contributed by atoms with Gasteiger partial charge < -0.3 is 11.1 Å². The fraction of sp³-hybridized carbons (Fsp3) is 0.381. The van der Waals surface area contributed by atoms with Crippen molar-refractivity contribution in [2.24, 2.45) is 15.1 Å². The van der Waals surface area contributed by atoms with Crippen LogP contribution in [-0.2, 0) is 15.5 Å². The van der Waals surface area contributed by atoms with Crippen LogP contribution in [0.5, 0.6) is 0 Å². The van der Waals surface area contributed by atoms with Crippen molar-refractivity contribution in [2.75, 3.05) is 24.2 Å². The average Bonchev–Trinajstić information content (AvgIpc) is 2.96. The lowest BCUT2D eigenvalue weighted by atomic mass is 9.88. The van der Waals surface area contributed by atoms with Gasteiger partial charge in [-0.3, -0.25) is 9.10 Å². The van der Waals surface area contributed by atoms with Gasteiger partial charge in [0.2, 0.25) is 5.96 Å². The number of amides is 1. The number of aromatic nitrogens is 1. The fourth-order valence-electron chi connectivity index (χ4n) is 3.96. The van der Waals surface area contributed by atoms with E-state index >= 15 is 4.39 Å². The highest BCUT2D eigenvalue weighted by Gasteiger charge is 2.44. The lowest BCUT2D eigenvalue weighted by molar-refractivity contribution is 0.102. The molecule has 0 bridgehead atoms. The zero-order chi connectivity index (χ0) is 22.9. The second-order valence-electron chi connectivity index (χ2n) is 7.78. The van der Waals surface area contributed by atoms with E-state index in [0.717, 1.165) is 12.8 Å². The lowest BCUT2D eigenvalue weighted by Gasteiger charge is -2.40. The van der Waals surface area contributed by atoms with Crippen molar-refractivity contribution in [3.05, 3.63) is 58.6 Å². The number of rotatable bonds is 4. The largest absolute Gasteiger partial charge is 0.369 e. The summed E-state index contributed by atoms with van der Waals surface area (Å²) in [7, 11) is -2.86. The molecular formula is C21H24ClFN6O2S. The molecule has 8 nitrogen and oxygen atoms in total. The number of benzene rings is 1. The molecule has 0 radical (unpaired) electrons. The van der Waals surface area contributed by atoms with Crippen LogP contribution in [-0.4, -0.2) is 44.2 Å². The first-order valence-corrected chi connectivity index (χ1v) is 12.3. The van der Waals surface area contributed by atoms with Crippen molar-refractivity contribution in [1.82, 2.24) is 9.29 Å². The molecule has 4 rings (SSSR count). The second kappa shape index (κ2) is 8.67. The van der Waals surface area contributed by atoms with Crippen molar-refractivity contribution in [3.8, 4) is 0 Å². The molecular weight excluding hydrogens is 455 g/mol. The molecule has 0 aliphatic carbocycles. The number of carbonyl (C=O) groups is 1. The Morgan fingerprint density at radius 3 is 2.88 bits per heavy atom. The summed E-state index contributed by atoms with van der Waals surface area (Å²) < 4.78 is 34.8. The average molecular weight is 479 g/mol. The summed E-state index contributed by atoms with van der Waals surface area (Å²) in [6.45, 7) is 2.81. The normalized spacial score (nSPS) is 25.2. The Kier molecular flexibility index (Phi) is 6.09. The van der Waals surface area contributed by atoms with Crippen molar-refractivity contribution in [1.29, 1.82) is 0 Å². The van der Waals surface area contributed by atoms with E-state index in [-0.39, 0.29) is 23.0 Å². The van der Waals surface area contributed by atoms with Gasteiger partial charge in [0.1, 0.15) is 27.0 Å². The van der Waals surface area contributed by atoms with Crippen LogP contribution < -0.4 is 11.1 Å². The van der Waals surface area contributed by atoms with E-state index in [2.05, 4.69) is 19.7 Å². The minimum Gasteiger partial charge on any atom is -0.369 e. The van der Waals surface area contributed by atoms with Crippen molar-refractivity contribution in [2.45, 2.75) is 31.7 Å². The number of fused-ring (bicyclic) bond motifs is 1. The van der Waals surface area contributed by atoms with Crippen LogP contribution in [0.1, 0.15) is 42.2 Å². The zero-order valence-electron chi connectivity index (χ0n) is 17.6. The SMILES string of the molecule is CC[C@@]1(c2cc(NC(=O)c3ccc(Cl)cn3)ccc2F)CS2(=O)=NCCCCN2C(N)=N1. The van der Waals surface area contributed by atoms with Gasteiger partial charge in [-0.15, -0.1) is 0 Å². The Bertz CT molecular complexity index is 1200. The van der Waals surface area contributed by atoms with Gasteiger partial charge in [-0.05, 0) is 49.6 Å². The van der Waals surface area contributed by atoms with E-state index in [9.17, 15) is 9.00 Å². The van der Waals surface area contributed by atoms with E-state index < -0.39 is 27.2 Å². The van der Waals surface area contributed by atoms with Crippen LogP contribution in [0.4, 0.5) is 10.1 Å². The molecule has 2 atom stereocenters. The number of aliphatic imine (C=N–C) groups is 1. The third kappa shape index (κ3) is 4.16. The van der Waals surface area contributed by atoms with E-state index in [4.69, 9.17) is 17.3 Å². The summed E-state index contributed by atoms with van der Waals surface area (Å²) in [5.74, 6) is -0.846. The van der Waals surface area contributed by atoms with Crippen molar-refractivity contribution >= 4 is 39.1 Å². The summed E-state index contributed by atoms with van der Waals surface area (Å²) in [5, 5.41) is 3.13. The molecule has 3 heterocycles. The highest BCUT2D eigenvalue weighted by molar-refractivity contribution is 7.92. The molecule has 0 saturated carbocycles. The predicted molar refractivity (Wildman–Crippen MR) is 123 cm³/mol. The Morgan fingerprint density at radius 1 is 1.34 bits per heavy atom. The predicted octanol–water partition coefficient (Wildman–Crippen LogP) is 3.54. The number of nitrogens with two attached hydrogens (primary N) is 1. The first-order chi connectivity index (χ1) is 15.3. The second-order valence-corrected chi connectivity index (χ2v) is 10.4. The van der Waals surface area contributed by atoms with Crippen molar-refractivity contribution in [3.63, 3.8) is 0 Å². The third-order valence-corrected chi connectivity index (χ3v) is 8.41. The monoisotopic (exact) mass is 478 g/mol. The fourth-order valence-corrected chi connectivity index (χ4v) is 6.67. The van der Waals surface area contributed by atoms with Gasteiger partial charge in [-0.1, -0.05) is 18.5 Å². The van der Waals surface area contributed by atoms with Gasteiger partial charge in [-0.2, -0.15) is 0 Å². The number of guanidine groups is 1. The van der Waals surface area contributed by atoms with Gasteiger partial charge in [0, 0.05) is 24.0 Å². The van der Waals surface area contributed by atoms with Gasteiger partial charge in [0.25, 0.3) is 5.91 Å². The summed E-state index contributed by atoms with van der Waals surface area (Å²) in [4.78, 5) is 21.2. The van der Waals surface area contributed by atoms with Gasteiger partial charge in [-0.25, -0.2) is 22.9 Å². The van der Waals surface area contributed by atoms with Crippen LogP contribution in [0.3, 0.4) is 0 Å². The molecule has 2 aliphatic heterocycles. The third-order valence-electron chi connectivity index (χ3n) is 5.69. The van der Waals surface area contributed by atoms with Gasteiger partial charge in [0.15, 0.2) is 0 Å². The Morgan fingerprint density at radius 2 is 2.16 bits per heavy atom. The molecule has 0 spiro atoms. The maximum absolute atomic E-state index is 15.1. The summed E-state index contributed by atoms with van der Waals surface area (Å²) in [6.07, 6.45) is 3.36. The molecule has 0 saturated heterocycles. The van der Waals surface area contributed by atoms with Crippen LogP contribution >= 0.6 is 11.6 Å². The molecule has 3 N–H and O–H groups in total. The maximum Gasteiger partial charge on any atom is 0.274 e. The zero-order valence-corrected chi connectivity index (χ0v) is 19.1. The Labute approximate surface area is 191 Å². The smallest absolute Gasteiger partial charge is 0.274 e. The minimum atomic E-state index is -2.86. The maximum atomic E-state index is 15.1. The Balaban J connectivity index is 1.72. The number of nitrogens with one attached hydrogen (secondary N) is 1. The first-order valence-electron chi connectivity index (χ1n) is 10.3. The number of hydrogen-bond acceptors (Lipinski definition) is 6. The van der Waals surface area contributed by atoms with E-state index in [1.165, 1.54) is 30.5 Å². The number of anilines is 1. The number of pyridine rings is 1. The molecule has 1 aromatic heterocycles. The molecule has 1 amide bonds. The van der Waals surface area contributed by atoms with Crippen LogP contribution in [0.25, 0.3) is 0 Å². The number of carbonyl (C=O) groups excluding carboxylic acids is 1. The molecule has 170 valence electrons. The molecule has 1 aromatic carbocycles. The van der Waals surface area contributed by atoms with E-state index in [0.29, 0.717) is 30.2 Å². The lowest BCUT2D eigenvalue weighted by Crippen LogP contribution is -2.53. The molecule has 11 heteroatoms. The molecule has 0 fully saturated rings. The van der Waals surface area contributed by atoms with E-state index in [1.807, 2.05) is 6.92 Å². The standard InChI is InChI=1S/C21H24ClFN6O2S/c1-2-21(13-32(31)26-9-3-4-10-29(32)20(24)28-21)16-11-15(6-7-17(16)23)27-19(30)18-8-5-14(22)12-25-18/h5-8,11-12H,2-4,9-10,13H2,1H3,(H2,24,28)(H,27,30)/t21-,32?/m0/s1. The topological polar surface area (TPSA) is 113 Å². The number of nitrogens with zero attached hydrogens (tertiary/aromatic N) is 4. The van der Waals surface area contributed by atoms with Crippen LogP contribution in [0, 0.1) is 5.82 Å². The van der Waals surface area contributed by atoms with Gasteiger partial charge in [0.05, 0.1) is 17.3 Å². The van der Waals surface area contributed by atoms with Crippen LogP contribution in [0.2, 0.25) is 5.02 Å². The molecule has 32 heavy (non-hydrogen) atoms. The van der Waals surface area contributed by atoms with E-state index in [1.54, 1.807) is 10.4 Å². The number of hydrogen-bond donors (Lipinski definition) is 2. The molecule has 2 aliphatic rings. The minimum absolute atomic E-state index is 0.0320. The molecule has 2 aromatic rings. The molecule has 1 unspecified atom stereocenters. The quantitative estimate of drug-likeness (QED) is 0.699.